The molecule has 39 heavy (non-hydrogen) atoms. The summed E-state index contributed by atoms with van der Waals surface area (Å²) in [5, 5.41) is 11.1. The second kappa shape index (κ2) is 10.9. The fourth-order valence-corrected chi connectivity index (χ4v) is 6.13. The summed E-state index contributed by atoms with van der Waals surface area (Å²) < 4.78 is 0.864. The molecule has 7 nitrogen and oxygen atoms in total. The van der Waals surface area contributed by atoms with E-state index < -0.39 is 4.92 Å². The van der Waals surface area contributed by atoms with Crippen molar-refractivity contribution in [2.75, 3.05) is 37.6 Å². The molecule has 0 aromatic heterocycles. The summed E-state index contributed by atoms with van der Waals surface area (Å²) in [6.45, 7) is 5.80. The van der Waals surface area contributed by atoms with Crippen LogP contribution in [0.1, 0.15) is 47.7 Å². The highest BCUT2D eigenvalue weighted by Crippen LogP contribution is 2.48. The van der Waals surface area contributed by atoms with E-state index in [0.717, 1.165) is 49.2 Å². The van der Waals surface area contributed by atoms with Gasteiger partial charge in [0.15, 0.2) is 0 Å². The van der Waals surface area contributed by atoms with E-state index in [0.29, 0.717) is 18.5 Å². The van der Waals surface area contributed by atoms with Crippen molar-refractivity contribution in [2.24, 2.45) is 0 Å². The highest BCUT2D eigenvalue weighted by molar-refractivity contribution is 6.07. The van der Waals surface area contributed by atoms with Gasteiger partial charge in [-0.05, 0) is 42.3 Å². The van der Waals surface area contributed by atoms with Gasteiger partial charge in [0.1, 0.15) is 5.78 Å². The Morgan fingerprint density at radius 3 is 2.31 bits per heavy atom. The maximum Gasteiger partial charge on any atom is 0.269 e. The molecule has 0 bridgehead atoms. The first kappa shape index (κ1) is 26.5. The molecule has 0 radical (unpaired) electrons. The van der Waals surface area contributed by atoms with Gasteiger partial charge in [-0.2, -0.15) is 0 Å². The standard InChI is InChI=1S/C32H34N3O4/c1-25(36)17-21-35(20-7-10-26-8-3-2-4-9-26)22-18-32(19-23-35)24-33(30-12-6-5-11-29(30)32)31(37)27-13-15-28(16-14-27)34(38)39/h2-16H,17-24H2,1H3/q+1/b10-7+. The van der Waals surface area contributed by atoms with Crippen molar-refractivity contribution in [3.63, 3.8) is 0 Å². The predicted octanol–water partition coefficient (Wildman–Crippen LogP) is 5.80. The molecule has 2 aliphatic heterocycles. The molecule has 0 aliphatic carbocycles. The minimum absolute atomic E-state index is 0.0295. The van der Waals surface area contributed by atoms with Crippen LogP contribution in [0.15, 0.2) is 84.9 Å². The zero-order chi connectivity index (χ0) is 27.5. The number of non-ortho nitro benzene ring substituents is 1. The highest BCUT2D eigenvalue weighted by Gasteiger charge is 2.50. The topological polar surface area (TPSA) is 80.5 Å². The van der Waals surface area contributed by atoms with Gasteiger partial charge >= 0.3 is 0 Å². The maximum absolute atomic E-state index is 13.6. The SMILES string of the molecule is CC(=O)CC[N+]1(C/C=C/c2ccccc2)CCC2(CC1)CN(C(=O)c1ccc([N+](=O)[O-])cc1)c1ccccc12. The van der Waals surface area contributed by atoms with Gasteiger partial charge in [-0.1, -0.05) is 54.6 Å². The first-order chi connectivity index (χ1) is 18.8. The third kappa shape index (κ3) is 5.54. The Bertz CT molecular complexity index is 1390. The van der Waals surface area contributed by atoms with E-state index in [1.54, 1.807) is 6.92 Å². The van der Waals surface area contributed by atoms with Gasteiger partial charge in [0.2, 0.25) is 0 Å². The van der Waals surface area contributed by atoms with E-state index in [1.165, 1.54) is 35.4 Å². The number of ketones is 1. The van der Waals surface area contributed by atoms with Gasteiger partial charge in [-0.3, -0.25) is 19.7 Å². The fraction of sp³-hybridized carbons (Fsp3) is 0.312. The van der Waals surface area contributed by atoms with Gasteiger partial charge < -0.3 is 9.38 Å². The quantitative estimate of drug-likeness (QED) is 0.212. The number of hydrogen-bond acceptors (Lipinski definition) is 4. The van der Waals surface area contributed by atoms with Gasteiger partial charge in [0, 0.05) is 48.2 Å². The molecular formula is C32H34N3O4+. The molecule has 1 saturated heterocycles. The Kier molecular flexibility index (Phi) is 7.44. The van der Waals surface area contributed by atoms with Crippen LogP contribution in [0.5, 0.6) is 0 Å². The molecule has 1 fully saturated rings. The van der Waals surface area contributed by atoms with E-state index in [1.807, 2.05) is 41.3 Å². The summed E-state index contributed by atoms with van der Waals surface area (Å²) in [5.41, 5.74) is 3.56. The monoisotopic (exact) mass is 524 g/mol. The smallest absolute Gasteiger partial charge is 0.269 e. The maximum atomic E-state index is 13.6. The zero-order valence-corrected chi connectivity index (χ0v) is 22.3. The Balaban J connectivity index is 1.37. The molecule has 1 amide bonds. The zero-order valence-electron chi connectivity index (χ0n) is 22.3. The molecule has 0 unspecified atom stereocenters. The number of nitro groups is 1. The molecule has 0 atom stereocenters. The van der Waals surface area contributed by atoms with Crippen LogP contribution < -0.4 is 4.90 Å². The molecule has 5 rings (SSSR count). The van der Waals surface area contributed by atoms with Crippen LogP contribution >= 0.6 is 0 Å². The molecule has 200 valence electrons. The first-order valence-corrected chi connectivity index (χ1v) is 13.5. The van der Waals surface area contributed by atoms with Crippen molar-refractivity contribution in [1.29, 1.82) is 0 Å². The summed E-state index contributed by atoms with van der Waals surface area (Å²) in [6.07, 6.45) is 6.80. The Labute approximate surface area is 229 Å². The number of Topliss-reactive ketones (excluding diaryl/α,β-unsaturated/α-hetero) is 1. The third-order valence-corrected chi connectivity index (χ3v) is 8.47. The lowest BCUT2D eigenvalue weighted by molar-refractivity contribution is -0.928. The molecular weight excluding hydrogens is 490 g/mol. The van der Waals surface area contributed by atoms with E-state index in [2.05, 4.69) is 30.4 Å². The number of nitro benzene ring substituents is 1. The highest BCUT2D eigenvalue weighted by atomic mass is 16.6. The minimum Gasteiger partial charge on any atom is -0.320 e. The second-order valence-electron chi connectivity index (χ2n) is 11.0. The number of amides is 1. The van der Waals surface area contributed by atoms with E-state index >= 15 is 0 Å². The number of benzene rings is 3. The summed E-state index contributed by atoms with van der Waals surface area (Å²) in [7, 11) is 0. The molecule has 2 heterocycles. The Morgan fingerprint density at radius 1 is 0.974 bits per heavy atom. The molecule has 2 aliphatic rings. The minimum atomic E-state index is -0.456. The third-order valence-electron chi connectivity index (χ3n) is 8.47. The summed E-state index contributed by atoms with van der Waals surface area (Å²) in [5.74, 6) is 0.0776. The van der Waals surface area contributed by atoms with Gasteiger partial charge in [0.25, 0.3) is 11.6 Å². The van der Waals surface area contributed by atoms with E-state index in [9.17, 15) is 19.7 Å². The predicted molar refractivity (Wildman–Crippen MR) is 153 cm³/mol. The van der Waals surface area contributed by atoms with Crippen LogP contribution in [0.4, 0.5) is 11.4 Å². The number of fused-ring (bicyclic) bond motifs is 2. The van der Waals surface area contributed by atoms with Crippen molar-refractivity contribution < 1.29 is 19.0 Å². The number of rotatable bonds is 8. The second-order valence-corrected chi connectivity index (χ2v) is 11.0. The number of anilines is 1. The summed E-state index contributed by atoms with van der Waals surface area (Å²) >= 11 is 0. The van der Waals surface area contributed by atoms with Crippen LogP contribution in [0.2, 0.25) is 0 Å². The molecule has 0 N–H and O–H groups in total. The first-order valence-electron chi connectivity index (χ1n) is 13.5. The Hall–Kier alpha value is -4.10. The number of hydrogen-bond donors (Lipinski definition) is 0. The average Bonchev–Trinajstić information content (AvgIpc) is 3.28. The van der Waals surface area contributed by atoms with Crippen LogP contribution in [-0.2, 0) is 10.2 Å². The van der Waals surface area contributed by atoms with Crippen molar-refractivity contribution >= 4 is 29.1 Å². The number of likely N-dealkylation sites (tertiary alicyclic amines) is 1. The lowest BCUT2D eigenvalue weighted by Gasteiger charge is -2.47. The molecule has 1 spiro atoms. The Morgan fingerprint density at radius 2 is 1.64 bits per heavy atom. The van der Waals surface area contributed by atoms with Crippen molar-refractivity contribution in [2.45, 2.75) is 31.6 Å². The fourth-order valence-electron chi connectivity index (χ4n) is 6.13. The van der Waals surface area contributed by atoms with Crippen LogP contribution in [0.3, 0.4) is 0 Å². The number of para-hydroxylation sites is 1. The van der Waals surface area contributed by atoms with Crippen LogP contribution in [0.25, 0.3) is 6.08 Å². The van der Waals surface area contributed by atoms with Gasteiger partial charge in [-0.25, -0.2) is 0 Å². The van der Waals surface area contributed by atoms with Crippen LogP contribution in [-0.4, -0.2) is 53.8 Å². The van der Waals surface area contributed by atoms with E-state index in [-0.39, 0.29) is 22.8 Å². The normalized spacial score (nSPS) is 22.2. The largest absolute Gasteiger partial charge is 0.320 e. The van der Waals surface area contributed by atoms with Crippen molar-refractivity contribution in [1.82, 2.24) is 0 Å². The number of carbonyl (C=O) groups is 2. The number of nitrogens with zero attached hydrogens (tertiary/aromatic N) is 3. The van der Waals surface area contributed by atoms with Gasteiger partial charge in [0.05, 0.1) is 37.5 Å². The van der Waals surface area contributed by atoms with Crippen molar-refractivity contribution in [3.05, 3.63) is 112 Å². The van der Waals surface area contributed by atoms with Gasteiger partial charge in [-0.15, -0.1) is 0 Å². The van der Waals surface area contributed by atoms with E-state index in [4.69, 9.17) is 0 Å². The number of carbonyl (C=O) groups excluding carboxylic acids is 2. The molecule has 3 aromatic carbocycles. The molecule has 3 aromatic rings. The molecule has 0 saturated carbocycles. The molecule has 7 heteroatoms. The average molecular weight is 525 g/mol. The summed E-state index contributed by atoms with van der Waals surface area (Å²) in [6, 6.07) is 24.2. The summed E-state index contributed by atoms with van der Waals surface area (Å²) in [4.78, 5) is 38.0. The van der Waals surface area contributed by atoms with Crippen molar-refractivity contribution in [3.8, 4) is 0 Å². The van der Waals surface area contributed by atoms with Crippen LogP contribution in [0, 0.1) is 10.1 Å². The lowest BCUT2D eigenvalue weighted by Crippen LogP contribution is -2.58. The lowest BCUT2D eigenvalue weighted by atomic mass is 9.73. The number of piperidine rings is 1. The number of quaternary nitrogens is 1.